The Bertz CT molecular complexity index is 1030. The maximum absolute atomic E-state index is 11.5. The first-order valence-electron chi connectivity index (χ1n) is 10.9. The minimum Gasteiger partial charge on any atom is -0.442 e. The van der Waals surface area contributed by atoms with Crippen molar-refractivity contribution in [2.24, 2.45) is 34.1 Å². The van der Waals surface area contributed by atoms with E-state index in [1.165, 1.54) is 17.5 Å². The third-order valence-electron chi connectivity index (χ3n) is 8.10. The number of fused-ring (bicyclic) bond motifs is 6. The summed E-state index contributed by atoms with van der Waals surface area (Å²) >= 11 is 6.73. The van der Waals surface area contributed by atoms with Crippen molar-refractivity contribution >= 4 is 34.3 Å². The molecule has 3 aliphatic rings. The van der Waals surface area contributed by atoms with Gasteiger partial charge in [-0.25, -0.2) is 4.98 Å². The first kappa shape index (κ1) is 19.9. The van der Waals surface area contributed by atoms with E-state index in [-0.39, 0.29) is 11.3 Å². The smallest absolute Gasteiger partial charge is 0.217 e. The van der Waals surface area contributed by atoms with Crippen molar-refractivity contribution in [2.45, 2.75) is 57.8 Å². The van der Waals surface area contributed by atoms with Gasteiger partial charge in [0, 0.05) is 11.8 Å². The highest BCUT2D eigenvalue weighted by Gasteiger charge is 2.57. The number of nitrogens with zero attached hydrogens (tertiary/aromatic N) is 2. The van der Waals surface area contributed by atoms with Crippen molar-refractivity contribution in [3.63, 3.8) is 0 Å². The van der Waals surface area contributed by atoms with Gasteiger partial charge in [-0.2, -0.15) is 0 Å². The largest absolute Gasteiger partial charge is 0.442 e. The zero-order valence-corrected chi connectivity index (χ0v) is 18.2. The minimum absolute atomic E-state index is 0.0127. The highest BCUT2D eigenvalue weighted by Crippen LogP contribution is 2.63. The molecule has 0 bridgehead atoms. The number of amides is 1. The van der Waals surface area contributed by atoms with E-state index >= 15 is 0 Å². The average Bonchev–Trinajstić information content (AvgIpc) is 3.29. The Morgan fingerprint density at radius 1 is 1.47 bits per heavy atom. The lowest BCUT2D eigenvalue weighted by Gasteiger charge is -2.50. The van der Waals surface area contributed by atoms with Crippen LogP contribution in [0, 0.1) is 23.2 Å². The molecule has 5 atom stereocenters. The summed E-state index contributed by atoms with van der Waals surface area (Å²) in [7, 11) is 1.62. The second-order valence-electron chi connectivity index (χ2n) is 9.44. The summed E-state index contributed by atoms with van der Waals surface area (Å²) in [5.41, 5.74) is 10.8. The molecule has 0 aliphatic heterocycles. The Kier molecular flexibility index (Phi) is 4.80. The van der Waals surface area contributed by atoms with Crippen LogP contribution in [0.1, 0.15) is 62.5 Å². The molecular weight excluding hydrogens is 402 g/mol. The predicted molar refractivity (Wildman–Crippen MR) is 115 cm³/mol. The van der Waals surface area contributed by atoms with Gasteiger partial charge in [-0.1, -0.05) is 23.7 Å². The number of oxime groups is 1. The zero-order chi connectivity index (χ0) is 21.0. The molecule has 6 nitrogen and oxygen atoms in total. The number of benzene rings is 1. The molecule has 160 valence electrons. The fourth-order valence-electron chi connectivity index (χ4n) is 6.92. The topological polar surface area (TPSA) is 90.7 Å². The summed E-state index contributed by atoms with van der Waals surface area (Å²) in [5.74, 6) is 1.61. The predicted octanol–water partition coefficient (Wildman–Crippen LogP) is 4.83. The summed E-state index contributed by atoms with van der Waals surface area (Å²) in [6.07, 6.45) is 7.79. The van der Waals surface area contributed by atoms with E-state index in [1.54, 1.807) is 7.11 Å². The number of oxazole rings is 1. The Balaban J connectivity index is 1.55. The van der Waals surface area contributed by atoms with Crippen LogP contribution >= 0.6 is 11.6 Å². The molecule has 1 heterocycles. The van der Waals surface area contributed by atoms with Crippen molar-refractivity contribution in [1.82, 2.24) is 4.98 Å². The van der Waals surface area contributed by atoms with E-state index in [1.807, 2.05) is 0 Å². The van der Waals surface area contributed by atoms with Crippen LogP contribution in [0.15, 0.2) is 22.0 Å². The van der Waals surface area contributed by atoms with Crippen molar-refractivity contribution < 1.29 is 14.0 Å². The van der Waals surface area contributed by atoms with Crippen molar-refractivity contribution in [3.8, 4) is 0 Å². The van der Waals surface area contributed by atoms with Crippen LogP contribution in [0.3, 0.4) is 0 Å². The zero-order valence-electron chi connectivity index (χ0n) is 17.5. The van der Waals surface area contributed by atoms with Crippen LogP contribution in [0.5, 0.6) is 0 Å². The lowest BCUT2D eigenvalue weighted by Crippen LogP contribution is -2.44. The Morgan fingerprint density at radius 2 is 2.30 bits per heavy atom. The van der Waals surface area contributed by atoms with E-state index in [2.05, 4.69) is 23.1 Å². The summed E-state index contributed by atoms with van der Waals surface area (Å²) in [6, 6.07) is 2.19. The highest BCUT2D eigenvalue weighted by molar-refractivity contribution is 6.35. The maximum Gasteiger partial charge on any atom is 0.217 e. The van der Waals surface area contributed by atoms with Gasteiger partial charge in [-0.15, -0.1) is 0 Å². The lowest BCUT2D eigenvalue weighted by molar-refractivity contribution is -0.118. The number of rotatable bonds is 4. The third kappa shape index (κ3) is 2.87. The average molecular weight is 430 g/mol. The normalized spacial score (nSPS) is 33.9. The quantitative estimate of drug-likeness (QED) is 0.704. The molecule has 1 aromatic carbocycles. The van der Waals surface area contributed by atoms with Gasteiger partial charge < -0.3 is 15.0 Å². The number of aromatic nitrogens is 1. The molecule has 3 aliphatic carbocycles. The standard InChI is InChI=1S/C23H28ClN3O3/c1-23-8-7-13-14(20(23)12(3-6-19(25)28)9-18(23)27-29-2)4-5-15-16(13)10-17-22(21(15)24)30-11-26-17/h10-14,20H,3-9H2,1-2H3,(H2,25,28)/b27-18+. The van der Waals surface area contributed by atoms with Crippen LogP contribution < -0.4 is 5.73 Å². The molecule has 0 radical (unpaired) electrons. The van der Waals surface area contributed by atoms with Gasteiger partial charge in [0.15, 0.2) is 12.0 Å². The fraction of sp³-hybridized carbons (Fsp3) is 0.609. The van der Waals surface area contributed by atoms with Crippen LogP contribution in [0.4, 0.5) is 0 Å². The molecule has 5 rings (SSSR count). The second-order valence-corrected chi connectivity index (χ2v) is 9.82. The number of primary amides is 1. The van der Waals surface area contributed by atoms with E-state index in [4.69, 9.17) is 26.6 Å². The lowest BCUT2D eigenvalue weighted by atomic mass is 9.54. The summed E-state index contributed by atoms with van der Waals surface area (Å²) in [4.78, 5) is 21.1. The number of hydrogen-bond acceptors (Lipinski definition) is 5. The number of halogens is 1. The third-order valence-corrected chi connectivity index (χ3v) is 8.50. The second kappa shape index (κ2) is 7.26. The molecule has 5 unspecified atom stereocenters. The fourth-order valence-corrected chi connectivity index (χ4v) is 7.26. The van der Waals surface area contributed by atoms with Crippen molar-refractivity contribution in [2.75, 3.05) is 7.11 Å². The molecule has 1 aromatic heterocycles. The number of carbonyl (C=O) groups is 1. The Labute approximate surface area is 181 Å². The molecule has 2 saturated carbocycles. The summed E-state index contributed by atoms with van der Waals surface area (Å²) in [5, 5.41) is 5.17. The molecule has 0 saturated heterocycles. The minimum atomic E-state index is -0.226. The van der Waals surface area contributed by atoms with Crippen molar-refractivity contribution in [1.29, 1.82) is 0 Å². The van der Waals surface area contributed by atoms with Gasteiger partial charge in [-0.05, 0) is 79.4 Å². The molecule has 0 spiro atoms. The van der Waals surface area contributed by atoms with Crippen LogP contribution in [-0.2, 0) is 16.1 Å². The highest BCUT2D eigenvalue weighted by atomic mass is 35.5. The van der Waals surface area contributed by atoms with Crippen LogP contribution in [0.25, 0.3) is 11.1 Å². The van der Waals surface area contributed by atoms with E-state index < -0.39 is 0 Å². The molecular formula is C23H28ClN3O3. The monoisotopic (exact) mass is 429 g/mol. The molecule has 1 amide bonds. The van der Waals surface area contributed by atoms with Gasteiger partial charge in [-0.3, -0.25) is 4.79 Å². The molecule has 2 N–H and O–H groups in total. The van der Waals surface area contributed by atoms with Gasteiger partial charge in [0.25, 0.3) is 0 Å². The summed E-state index contributed by atoms with van der Waals surface area (Å²) < 4.78 is 5.53. The van der Waals surface area contributed by atoms with Crippen LogP contribution in [0.2, 0.25) is 5.02 Å². The SMILES string of the molecule is CO/N=C1\CC(CCC(N)=O)C2C3CCc4c(cc5ncoc5c4Cl)C3CCC12C. The van der Waals surface area contributed by atoms with Gasteiger partial charge in [0.05, 0.1) is 10.7 Å². The van der Waals surface area contributed by atoms with Gasteiger partial charge >= 0.3 is 0 Å². The number of hydrogen-bond donors (Lipinski definition) is 1. The Morgan fingerprint density at radius 3 is 3.07 bits per heavy atom. The molecule has 2 aromatic rings. The molecule has 2 fully saturated rings. The van der Waals surface area contributed by atoms with Crippen molar-refractivity contribution in [3.05, 3.63) is 28.6 Å². The number of carbonyl (C=O) groups excluding carboxylic acids is 1. The molecule has 30 heavy (non-hydrogen) atoms. The van der Waals surface area contributed by atoms with Crippen LogP contribution in [-0.4, -0.2) is 23.7 Å². The maximum atomic E-state index is 11.5. The number of nitrogens with two attached hydrogens (primary N) is 1. The first-order valence-corrected chi connectivity index (χ1v) is 11.2. The summed E-state index contributed by atoms with van der Waals surface area (Å²) in [6.45, 7) is 2.35. The van der Waals surface area contributed by atoms with E-state index in [9.17, 15) is 4.79 Å². The van der Waals surface area contributed by atoms with E-state index in [0.717, 1.165) is 54.8 Å². The van der Waals surface area contributed by atoms with Gasteiger partial charge in [0.2, 0.25) is 5.91 Å². The Hall–Kier alpha value is -2.08. The molecule has 7 heteroatoms. The van der Waals surface area contributed by atoms with Gasteiger partial charge in [0.1, 0.15) is 12.6 Å². The first-order chi connectivity index (χ1) is 14.4. The van der Waals surface area contributed by atoms with E-state index in [0.29, 0.717) is 35.7 Å².